The predicted octanol–water partition coefficient (Wildman–Crippen LogP) is 8.48. The molecule has 49 heavy (non-hydrogen) atoms. The van der Waals surface area contributed by atoms with Crippen LogP contribution in [-0.4, -0.2) is 68.4 Å². The van der Waals surface area contributed by atoms with E-state index in [1.165, 1.54) is 81.3 Å². The van der Waals surface area contributed by atoms with Crippen LogP contribution in [0.2, 0.25) is 0 Å². The number of carbonyl (C=O) groups excluding carboxylic acids is 1. The van der Waals surface area contributed by atoms with E-state index < -0.39 is 0 Å². The van der Waals surface area contributed by atoms with Gasteiger partial charge in [-0.25, -0.2) is 9.97 Å². The second-order valence-electron chi connectivity index (χ2n) is 15.6. The van der Waals surface area contributed by atoms with Crippen molar-refractivity contribution in [3.63, 3.8) is 0 Å². The molecule has 2 saturated carbocycles. The van der Waals surface area contributed by atoms with E-state index in [4.69, 9.17) is 0 Å². The van der Waals surface area contributed by atoms with E-state index >= 15 is 0 Å². The Hall–Kier alpha value is -3.71. The lowest BCUT2D eigenvalue weighted by Gasteiger charge is -2.25. The van der Waals surface area contributed by atoms with E-state index in [1.807, 2.05) is 18.6 Å². The fourth-order valence-electron chi connectivity index (χ4n) is 9.36. The number of likely N-dealkylation sites (tertiary alicyclic amines) is 2. The Labute approximate surface area is 293 Å². The SMILES string of the molecule is CCCCCCN1CC2C(C1)C2(C)c1cccc(-c2ncc[nH]2)c1.CCCCCCN1CC2C(C1=O)C2(C)c1cccc(-c2ncc[nH]2)c1. The molecule has 2 aromatic heterocycles. The first kappa shape index (κ1) is 33.8. The molecule has 2 aliphatic heterocycles. The van der Waals surface area contributed by atoms with E-state index in [0.717, 1.165) is 48.6 Å². The number of piperidine rings is 2. The van der Waals surface area contributed by atoms with Crippen LogP contribution < -0.4 is 0 Å². The number of H-pyrrole nitrogens is 2. The van der Waals surface area contributed by atoms with Crippen LogP contribution in [0, 0.1) is 23.7 Å². The Bertz CT molecular complexity index is 1670. The molecular weight excluding hydrogens is 605 g/mol. The first-order valence-corrected chi connectivity index (χ1v) is 19.1. The number of fused-ring (bicyclic) bond motifs is 2. The smallest absolute Gasteiger partial charge is 0.226 e. The summed E-state index contributed by atoms with van der Waals surface area (Å²) in [5.74, 6) is 4.56. The van der Waals surface area contributed by atoms with Gasteiger partial charge in [0.05, 0.1) is 5.92 Å². The Balaban J connectivity index is 0.000000154. The maximum atomic E-state index is 12.8. The molecule has 7 heteroatoms. The molecule has 4 aliphatic rings. The van der Waals surface area contributed by atoms with E-state index in [-0.39, 0.29) is 11.3 Å². The highest BCUT2D eigenvalue weighted by Gasteiger charge is 2.70. The lowest BCUT2D eigenvalue weighted by Crippen LogP contribution is -2.34. The van der Waals surface area contributed by atoms with Gasteiger partial charge in [0.2, 0.25) is 5.91 Å². The van der Waals surface area contributed by atoms with Gasteiger partial charge in [-0.1, -0.05) is 103 Å². The van der Waals surface area contributed by atoms with Crippen molar-refractivity contribution in [3.05, 3.63) is 84.4 Å². The molecule has 4 heterocycles. The average molecular weight is 661 g/mol. The van der Waals surface area contributed by atoms with Crippen LogP contribution >= 0.6 is 0 Å². The first-order chi connectivity index (χ1) is 23.9. The van der Waals surface area contributed by atoms with Gasteiger partial charge >= 0.3 is 0 Å². The zero-order valence-electron chi connectivity index (χ0n) is 30.1. The highest BCUT2D eigenvalue weighted by molar-refractivity contribution is 5.88. The number of imidazole rings is 2. The van der Waals surface area contributed by atoms with Crippen LogP contribution in [0.15, 0.2) is 73.3 Å². The molecule has 260 valence electrons. The van der Waals surface area contributed by atoms with Crippen LogP contribution in [-0.2, 0) is 15.6 Å². The molecule has 7 nitrogen and oxygen atoms in total. The Kier molecular flexibility index (Phi) is 9.83. The predicted molar refractivity (Wildman–Crippen MR) is 198 cm³/mol. The standard InChI is InChI=1S/C21H27N3O.C21H29N3/c1-3-4-5-6-12-24-14-17-18(20(24)25)21(17,2)16-9-7-8-15(13-16)19-22-10-11-23-19;1-3-4-5-6-12-24-14-18-19(15-24)21(18,2)17-9-7-8-16(13-17)20-22-10-11-23-20/h7-11,13,17-18H,3-6,12,14H2,1-2H3,(H,22,23);7-11,13,18-19H,3-6,12,14-15H2,1-2H3,(H,22,23). The zero-order valence-corrected chi connectivity index (χ0v) is 30.1. The third-order valence-corrected chi connectivity index (χ3v) is 12.7. The van der Waals surface area contributed by atoms with Gasteiger partial charge in [-0.15, -0.1) is 0 Å². The Morgan fingerprint density at radius 2 is 1.24 bits per heavy atom. The van der Waals surface area contributed by atoms with Crippen molar-refractivity contribution >= 4 is 5.91 Å². The number of aromatic amines is 2. The van der Waals surface area contributed by atoms with Crippen LogP contribution in [0.3, 0.4) is 0 Å². The van der Waals surface area contributed by atoms with Crippen molar-refractivity contribution in [2.24, 2.45) is 23.7 Å². The van der Waals surface area contributed by atoms with Crippen molar-refractivity contribution in [1.82, 2.24) is 29.7 Å². The minimum Gasteiger partial charge on any atom is -0.345 e. The molecule has 0 radical (unpaired) electrons. The number of carbonyl (C=O) groups is 1. The Morgan fingerprint density at radius 1 is 0.694 bits per heavy atom. The van der Waals surface area contributed by atoms with Gasteiger partial charge in [0.25, 0.3) is 0 Å². The van der Waals surface area contributed by atoms with E-state index in [1.54, 1.807) is 6.20 Å². The number of unbranched alkanes of at least 4 members (excludes halogenated alkanes) is 6. The molecule has 2 N–H and O–H groups in total. The fraction of sp³-hybridized carbons (Fsp3) is 0.548. The van der Waals surface area contributed by atoms with Gasteiger partial charge in [0.1, 0.15) is 11.6 Å². The van der Waals surface area contributed by atoms with Crippen LogP contribution in [0.5, 0.6) is 0 Å². The molecule has 0 spiro atoms. The monoisotopic (exact) mass is 660 g/mol. The Morgan fingerprint density at radius 3 is 1.73 bits per heavy atom. The summed E-state index contributed by atoms with van der Waals surface area (Å²) in [7, 11) is 0. The summed E-state index contributed by atoms with van der Waals surface area (Å²) >= 11 is 0. The first-order valence-electron chi connectivity index (χ1n) is 19.1. The van der Waals surface area contributed by atoms with E-state index in [9.17, 15) is 4.79 Å². The molecule has 8 rings (SSSR count). The van der Waals surface area contributed by atoms with Gasteiger partial charge in [0.15, 0.2) is 0 Å². The summed E-state index contributed by atoms with van der Waals surface area (Å²) in [6.07, 6.45) is 17.7. The number of benzene rings is 2. The van der Waals surface area contributed by atoms with Gasteiger partial charge in [0, 0.05) is 72.9 Å². The summed E-state index contributed by atoms with van der Waals surface area (Å²) in [5, 5.41) is 0. The largest absolute Gasteiger partial charge is 0.345 e. The molecule has 4 aromatic rings. The third-order valence-electron chi connectivity index (χ3n) is 12.7. The lowest BCUT2D eigenvalue weighted by atomic mass is 9.90. The lowest BCUT2D eigenvalue weighted by molar-refractivity contribution is -0.130. The second-order valence-corrected chi connectivity index (χ2v) is 15.6. The summed E-state index contributed by atoms with van der Waals surface area (Å²) in [5.41, 5.74) is 5.45. The summed E-state index contributed by atoms with van der Waals surface area (Å²) < 4.78 is 0. The van der Waals surface area contributed by atoms with Crippen molar-refractivity contribution in [2.75, 3.05) is 32.7 Å². The number of hydrogen-bond acceptors (Lipinski definition) is 4. The highest BCUT2D eigenvalue weighted by Crippen LogP contribution is 2.64. The van der Waals surface area contributed by atoms with Gasteiger partial charge in [-0.2, -0.15) is 0 Å². The second kappa shape index (κ2) is 14.3. The zero-order chi connectivity index (χ0) is 34.0. The fourth-order valence-corrected chi connectivity index (χ4v) is 9.36. The summed E-state index contributed by atoms with van der Waals surface area (Å²) in [6.45, 7) is 15.0. The highest BCUT2D eigenvalue weighted by atomic mass is 16.2. The summed E-state index contributed by atoms with van der Waals surface area (Å²) in [6, 6.07) is 17.5. The number of aromatic nitrogens is 4. The van der Waals surface area contributed by atoms with E-state index in [0.29, 0.717) is 17.2 Å². The molecule has 0 bridgehead atoms. The number of hydrogen-bond donors (Lipinski definition) is 2. The number of nitrogens with one attached hydrogen (secondary N) is 2. The van der Waals surface area contributed by atoms with Gasteiger partial charge in [-0.05, 0) is 60.4 Å². The van der Waals surface area contributed by atoms with Crippen molar-refractivity contribution in [3.8, 4) is 22.8 Å². The molecule has 2 aromatic carbocycles. The number of rotatable bonds is 14. The normalized spacial score (nSPS) is 28.2. The summed E-state index contributed by atoms with van der Waals surface area (Å²) in [4.78, 5) is 32.8. The third kappa shape index (κ3) is 6.51. The molecule has 4 fully saturated rings. The van der Waals surface area contributed by atoms with Crippen molar-refractivity contribution in [2.45, 2.75) is 89.9 Å². The molecule has 5 atom stereocenters. The quantitative estimate of drug-likeness (QED) is 0.133. The average Bonchev–Trinajstić information content (AvgIpc) is 3.67. The van der Waals surface area contributed by atoms with E-state index in [2.05, 4.69) is 106 Å². The minimum atomic E-state index is -0.000392. The maximum absolute atomic E-state index is 12.8. The minimum absolute atomic E-state index is 0.000392. The topological polar surface area (TPSA) is 80.9 Å². The van der Waals surface area contributed by atoms with Crippen LogP contribution in [0.4, 0.5) is 0 Å². The van der Waals surface area contributed by atoms with Gasteiger partial charge < -0.3 is 19.8 Å². The molecule has 1 amide bonds. The number of nitrogens with zero attached hydrogens (tertiary/aromatic N) is 4. The van der Waals surface area contributed by atoms with Crippen molar-refractivity contribution in [1.29, 1.82) is 0 Å². The molecular formula is C42H56N6O. The van der Waals surface area contributed by atoms with Gasteiger partial charge in [-0.3, -0.25) is 4.79 Å². The molecule has 2 saturated heterocycles. The van der Waals surface area contributed by atoms with Crippen molar-refractivity contribution < 1.29 is 4.79 Å². The van der Waals surface area contributed by atoms with Crippen LogP contribution in [0.1, 0.15) is 90.2 Å². The number of amides is 1. The molecule has 2 aliphatic carbocycles. The van der Waals surface area contributed by atoms with Crippen LogP contribution in [0.25, 0.3) is 22.8 Å². The molecule has 5 unspecified atom stereocenters. The maximum Gasteiger partial charge on any atom is 0.226 e.